The van der Waals surface area contributed by atoms with Gasteiger partial charge in [0, 0.05) is 34.2 Å². The number of methoxy groups -OCH3 is 1. The lowest BCUT2D eigenvalue weighted by atomic mass is 10.0. The van der Waals surface area contributed by atoms with Gasteiger partial charge in [0.1, 0.15) is 11.8 Å². The molecule has 3 aromatic carbocycles. The molecule has 1 atom stereocenters. The van der Waals surface area contributed by atoms with Crippen molar-refractivity contribution in [2.24, 2.45) is 11.5 Å². The Labute approximate surface area is 224 Å². The van der Waals surface area contributed by atoms with Gasteiger partial charge in [-0.25, -0.2) is 0 Å². The topological polar surface area (TPSA) is 127 Å². The quantitative estimate of drug-likeness (QED) is 0.227. The number of aryl methyl sites for hydroxylation is 1. The Kier molecular flexibility index (Phi) is 7.10. The van der Waals surface area contributed by atoms with Crippen molar-refractivity contribution in [3.8, 4) is 5.75 Å². The molecule has 0 saturated heterocycles. The van der Waals surface area contributed by atoms with Gasteiger partial charge in [-0.2, -0.15) is 0 Å². The predicted molar refractivity (Wildman–Crippen MR) is 146 cm³/mol. The highest BCUT2D eigenvalue weighted by molar-refractivity contribution is 6.31. The second-order valence-electron chi connectivity index (χ2n) is 9.62. The van der Waals surface area contributed by atoms with Crippen molar-refractivity contribution >= 4 is 50.9 Å². The van der Waals surface area contributed by atoms with Gasteiger partial charge in [0.25, 0.3) is 5.91 Å². The first-order valence-corrected chi connectivity index (χ1v) is 12.8. The summed E-state index contributed by atoms with van der Waals surface area (Å²) < 4.78 is 12.5. The fourth-order valence-corrected chi connectivity index (χ4v) is 4.90. The Balaban J connectivity index is 1.43. The third kappa shape index (κ3) is 5.23. The van der Waals surface area contributed by atoms with Crippen LogP contribution in [0.4, 0.5) is 0 Å². The maximum atomic E-state index is 13.4. The van der Waals surface area contributed by atoms with Crippen molar-refractivity contribution in [2.75, 3.05) is 13.7 Å². The number of aromatic nitrogens is 1. The summed E-state index contributed by atoms with van der Waals surface area (Å²) in [5, 5.41) is 2.86. The van der Waals surface area contributed by atoms with Gasteiger partial charge in [0.2, 0.25) is 5.78 Å². The van der Waals surface area contributed by atoms with E-state index in [4.69, 9.17) is 32.5 Å². The smallest absolute Gasteiger partial charge is 0.322 e. The molecule has 8 nitrogen and oxygen atoms in total. The first-order chi connectivity index (χ1) is 18.2. The number of primary amides is 1. The average molecular weight is 534 g/mol. The molecule has 5 rings (SSSR count). The molecule has 0 radical (unpaired) electrons. The molecule has 1 amide bonds. The minimum Gasteiger partial charge on any atom is -0.485 e. The van der Waals surface area contributed by atoms with Gasteiger partial charge >= 0.3 is 5.97 Å². The zero-order chi connectivity index (χ0) is 27.0. The molecule has 1 fully saturated rings. The van der Waals surface area contributed by atoms with Crippen LogP contribution >= 0.6 is 11.6 Å². The van der Waals surface area contributed by atoms with Gasteiger partial charge in [0.05, 0.1) is 12.7 Å². The number of benzene rings is 3. The molecule has 38 heavy (non-hydrogen) atoms. The fourth-order valence-electron chi connectivity index (χ4n) is 4.71. The predicted octanol–water partition coefficient (Wildman–Crippen LogP) is 4.58. The highest BCUT2D eigenvalue weighted by Gasteiger charge is 2.25. The SMILES string of the molecule is COC(=O)C(N)CCn1cc(C(=O)COc2cc3ccc(Cl)cc3cc2C(N)=O)c2ccc(C3CC3)cc21. The Bertz CT molecular complexity index is 1570. The minimum atomic E-state index is -0.762. The van der Waals surface area contributed by atoms with Crippen LogP contribution in [0, 0.1) is 0 Å². The molecule has 1 aromatic heterocycles. The van der Waals surface area contributed by atoms with Crippen LogP contribution in [-0.2, 0) is 16.1 Å². The van der Waals surface area contributed by atoms with E-state index < -0.39 is 17.9 Å². The van der Waals surface area contributed by atoms with E-state index >= 15 is 0 Å². The third-order valence-electron chi connectivity index (χ3n) is 6.97. The van der Waals surface area contributed by atoms with Crippen molar-refractivity contribution < 1.29 is 23.9 Å². The summed E-state index contributed by atoms with van der Waals surface area (Å²) in [6.45, 7) is 0.151. The van der Waals surface area contributed by atoms with Crippen LogP contribution in [0.5, 0.6) is 5.75 Å². The molecule has 1 heterocycles. The lowest BCUT2D eigenvalue weighted by Crippen LogP contribution is -2.32. The number of fused-ring (bicyclic) bond motifs is 2. The first-order valence-electron chi connectivity index (χ1n) is 12.4. The van der Waals surface area contributed by atoms with Crippen molar-refractivity contribution in [1.82, 2.24) is 4.57 Å². The summed E-state index contributed by atoms with van der Waals surface area (Å²) in [4.78, 5) is 37.3. The van der Waals surface area contributed by atoms with Gasteiger partial charge < -0.3 is 25.5 Å². The number of rotatable bonds is 10. The summed E-state index contributed by atoms with van der Waals surface area (Å²) in [5.74, 6) is -0.632. The highest BCUT2D eigenvalue weighted by Crippen LogP contribution is 2.41. The number of nitrogens with zero attached hydrogens (tertiary/aromatic N) is 1. The second kappa shape index (κ2) is 10.5. The highest BCUT2D eigenvalue weighted by atomic mass is 35.5. The van der Waals surface area contributed by atoms with Crippen molar-refractivity contribution in [2.45, 2.75) is 37.8 Å². The van der Waals surface area contributed by atoms with E-state index in [1.54, 1.807) is 36.5 Å². The summed E-state index contributed by atoms with van der Waals surface area (Å²) in [7, 11) is 1.31. The van der Waals surface area contributed by atoms with Crippen molar-refractivity contribution in [3.63, 3.8) is 0 Å². The normalized spacial score (nSPS) is 14.0. The van der Waals surface area contributed by atoms with E-state index in [0.29, 0.717) is 29.5 Å². The zero-order valence-electron chi connectivity index (χ0n) is 20.9. The first kappa shape index (κ1) is 25.8. The molecule has 1 aliphatic rings. The number of esters is 1. The van der Waals surface area contributed by atoms with Gasteiger partial charge in [0.15, 0.2) is 6.61 Å². The number of hydrogen-bond acceptors (Lipinski definition) is 6. The van der Waals surface area contributed by atoms with Crippen LogP contribution in [0.2, 0.25) is 5.02 Å². The third-order valence-corrected chi connectivity index (χ3v) is 7.20. The van der Waals surface area contributed by atoms with Gasteiger partial charge in [-0.05, 0) is 71.8 Å². The van der Waals surface area contributed by atoms with Gasteiger partial charge in [-0.1, -0.05) is 29.8 Å². The lowest BCUT2D eigenvalue weighted by Gasteiger charge is -2.11. The molecule has 4 N–H and O–H groups in total. The number of carbonyl (C=O) groups is 3. The monoisotopic (exact) mass is 533 g/mol. The number of ether oxygens (including phenoxy) is 2. The van der Waals surface area contributed by atoms with Gasteiger partial charge in [-0.15, -0.1) is 0 Å². The molecule has 1 unspecified atom stereocenters. The largest absolute Gasteiger partial charge is 0.485 e. The second-order valence-corrected chi connectivity index (χ2v) is 10.1. The number of hydrogen-bond donors (Lipinski definition) is 2. The zero-order valence-corrected chi connectivity index (χ0v) is 21.7. The molecular weight excluding hydrogens is 506 g/mol. The van der Waals surface area contributed by atoms with Gasteiger partial charge in [-0.3, -0.25) is 14.4 Å². The number of ketones is 1. The molecule has 196 valence electrons. The fraction of sp³-hybridized carbons (Fsp3) is 0.276. The molecule has 1 saturated carbocycles. The van der Waals surface area contributed by atoms with Crippen LogP contribution in [0.3, 0.4) is 0 Å². The number of carbonyl (C=O) groups excluding carboxylic acids is 3. The van der Waals surface area contributed by atoms with Crippen molar-refractivity contribution in [3.05, 3.63) is 76.4 Å². The van der Waals surface area contributed by atoms with Crippen LogP contribution in [0.15, 0.2) is 54.7 Å². The van der Waals surface area contributed by atoms with Crippen LogP contribution in [-0.4, -0.2) is 42.0 Å². The number of nitrogens with two attached hydrogens (primary N) is 2. The number of Topliss-reactive ketones (excluding diaryl/α,β-unsaturated/α-hetero) is 1. The van der Waals surface area contributed by atoms with E-state index in [9.17, 15) is 14.4 Å². The molecule has 1 aliphatic carbocycles. The molecule has 4 aromatic rings. The number of halogens is 1. The van der Waals surface area contributed by atoms with Crippen LogP contribution in [0.25, 0.3) is 21.7 Å². The summed E-state index contributed by atoms with van der Waals surface area (Å²) >= 11 is 6.08. The van der Waals surface area contributed by atoms with E-state index in [2.05, 4.69) is 12.1 Å². The molecular formula is C29H28ClN3O5. The standard InChI is InChI=1S/C29H28ClN3O5/c1-37-29(36)24(31)8-9-33-14-23(21-7-5-17(12-25(21)33)16-2-3-16)26(34)15-38-27-13-18-4-6-20(30)10-19(18)11-22(27)28(32)35/h4-7,10-14,16,24H,2-3,8-9,15,31H2,1H3,(H2,32,35). The summed E-state index contributed by atoms with van der Waals surface area (Å²) in [5.41, 5.74) is 14.3. The molecule has 0 aliphatic heterocycles. The van der Waals surface area contributed by atoms with E-state index in [1.807, 2.05) is 10.6 Å². The molecule has 9 heteroatoms. The number of amides is 1. The van der Waals surface area contributed by atoms with E-state index in [1.165, 1.54) is 12.7 Å². The molecule has 0 bridgehead atoms. The Hall–Kier alpha value is -3.88. The van der Waals surface area contributed by atoms with Crippen LogP contribution in [0.1, 0.15) is 51.5 Å². The Morgan fingerprint density at radius 2 is 1.84 bits per heavy atom. The Morgan fingerprint density at radius 3 is 2.55 bits per heavy atom. The van der Waals surface area contributed by atoms with E-state index in [-0.39, 0.29) is 23.7 Å². The Morgan fingerprint density at radius 1 is 1.05 bits per heavy atom. The maximum Gasteiger partial charge on any atom is 0.322 e. The summed E-state index contributed by atoms with van der Waals surface area (Å²) in [6.07, 6.45) is 4.43. The maximum absolute atomic E-state index is 13.4. The molecule has 0 spiro atoms. The summed E-state index contributed by atoms with van der Waals surface area (Å²) in [6, 6.07) is 13.9. The van der Waals surface area contributed by atoms with E-state index in [0.717, 1.165) is 34.5 Å². The lowest BCUT2D eigenvalue weighted by molar-refractivity contribution is -0.142. The minimum absolute atomic E-state index is 0.167. The van der Waals surface area contributed by atoms with Crippen molar-refractivity contribution in [1.29, 1.82) is 0 Å². The van der Waals surface area contributed by atoms with Crippen LogP contribution < -0.4 is 16.2 Å². The average Bonchev–Trinajstić information content (AvgIpc) is 3.70.